The van der Waals surface area contributed by atoms with Crippen LogP contribution in [0.3, 0.4) is 0 Å². The average molecular weight is 467 g/mol. The van der Waals surface area contributed by atoms with E-state index in [0.717, 1.165) is 32.1 Å². The Balaban J connectivity index is 0.00000576. The molecule has 1 rings (SSSR count). The van der Waals surface area contributed by atoms with Gasteiger partial charge in [-0.3, -0.25) is 0 Å². The second-order valence-electron chi connectivity index (χ2n) is 5.78. The molecule has 144 valence electrons. The van der Waals surface area contributed by atoms with Gasteiger partial charge >= 0.3 is 0 Å². The third kappa shape index (κ3) is 11.2. The number of hydrogen-bond acceptors (Lipinski definition) is 3. The summed E-state index contributed by atoms with van der Waals surface area (Å²) in [7, 11) is 0. The SMILES string of the molecule is CCNC(=NCC(C)Oc1ccccc1F)NCCCOC(C)C.I. The second-order valence-corrected chi connectivity index (χ2v) is 5.78. The summed E-state index contributed by atoms with van der Waals surface area (Å²) in [6.07, 6.45) is 0.939. The number of para-hydroxylation sites is 1. The first-order valence-corrected chi connectivity index (χ1v) is 8.57. The van der Waals surface area contributed by atoms with Crippen LogP contribution in [0.25, 0.3) is 0 Å². The minimum absolute atomic E-state index is 0. The van der Waals surface area contributed by atoms with E-state index in [2.05, 4.69) is 15.6 Å². The van der Waals surface area contributed by atoms with Gasteiger partial charge in [-0.05, 0) is 46.2 Å². The van der Waals surface area contributed by atoms with Crippen molar-refractivity contribution in [1.82, 2.24) is 10.6 Å². The van der Waals surface area contributed by atoms with E-state index in [1.54, 1.807) is 18.2 Å². The monoisotopic (exact) mass is 467 g/mol. The topological polar surface area (TPSA) is 54.9 Å². The van der Waals surface area contributed by atoms with Crippen LogP contribution in [0, 0.1) is 5.82 Å². The van der Waals surface area contributed by atoms with Crippen molar-refractivity contribution in [2.75, 3.05) is 26.2 Å². The fraction of sp³-hybridized carbons (Fsp3) is 0.611. The molecule has 0 fully saturated rings. The molecular weight excluding hydrogens is 436 g/mol. The van der Waals surface area contributed by atoms with Crippen LogP contribution in [0.5, 0.6) is 5.75 Å². The number of aliphatic imine (C=N–C) groups is 1. The van der Waals surface area contributed by atoms with E-state index in [0.29, 0.717) is 6.54 Å². The number of hydrogen-bond donors (Lipinski definition) is 2. The van der Waals surface area contributed by atoms with Gasteiger partial charge < -0.3 is 20.1 Å². The van der Waals surface area contributed by atoms with Crippen molar-refractivity contribution in [3.8, 4) is 5.75 Å². The van der Waals surface area contributed by atoms with E-state index in [4.69, 9.17) is 9.47 Å². The number of benzene rings is 1. The van der Waals surface area contributed by atoms with E-state index < -0.39 is 0 Å². The molecule has 0 aliphatic heterocycles. The van der Waals surface area contributed by atoms with Crippen molar-refractivity contribution in [2.45, 2.75) is 46.3 Å². The lowest BCUT2D eigenvalue weighted by atomic mass is 10.3. The Morgan fingerprint density at radius 3 is 2.56 bits per heavy atom. The molecule has 0 bridgehead atoms. The Kier molecular flexibility index (Phi) is 13.5. The standard InChI is InChI=1S/C18H30FN3O2.HI/c1-5-20-18(21-11-8-12-23-14(2)3)22-13-15(4)24-17-10-7-6-9-16(17)19;/h6-7,9-10,14-15H,5,8,11-13H2,1-4H3,(H2,20,21,22);1H. The molecule has 2 N–H and O–H groups in total. The molecule has 7 heteroatoms. The number of guanidine groups is 1. The van der Waals surface area contributed by atoms with Crippen molar-refractivity contribution < 1.29 is 13.9 Å². The molecule has 0 aromatic heterocycles. The molecule has 1 atom stereocenters. The van der Waals surface area contributed by atoms with Crippen LogP contribution in [0.2, 0.25) is 0 Å². The van der Waals surface area contributed by atoms with E-state index >= 15 is 0 Å². The van der Waals surface area contributed by atoms with Gasteiger partial charge in [-0.15, -0.1) is 24.0 Å². The number of rotatable bonds is 10. The molecule has 5 nitrogen and oxygen atoms in total. The summed E-state index contributed by atoms with van der Waals surface area (Å²) in [6.45, 7) is 10.6. The second kappa shape index (κ2) is 14.1. The first-order valence-electron chi connectivity index (χ1n) is 8.57. The first-order chi connectivity index (χ1) is 11.5. The highest BCUT2D eigenvalue weighted by Crippen LogP contribution is 2.16. The zero-order valence-electron chi connectivity index (χ0n) is 15.5. The number of nitrogens with zero attached hydrogens (tertiary/aromatic N) is 1. The van der Waals surface area contributed by atoms with Crippen LogP contribution in [0.4, 0.5) is 4.39 Å². The lowest BCUT2D eigenvalue weighted by molar-refractivity contribution is 0.0776. The molecule has 0 spiro atoms. The predicted octanol–water partition coefficient (Wildman–Crippen LogP) is 3.58. The van der Waals surface area contributed by atoms with Crippen molar-refractivity contribution in [2.24, 2.45) is 4.99 Å². The van der Waals surface area contributed by atoms with Crippen molar-refractivity contribution in [3.63, 3.8) is 0 Å². The fourth-order valence-corrected chi connectivity index (χ4v) is 1.95. The first kappa shape index (κ1) is 23.9. The van der Waals surface area contributed by atoms with E-state index in [-0.39, 0.29) is 47.8 Å². The summed E-state index contributed by atoms with van der Waals surface area (Å²) in [6, 6.07) is 6.39. The number of halogens is 2. The van der Waals surface area contributed by atoms with Gasteiger partial charge in [0.2, 0.25) is 0 Å². The number of ether oxygens (including phenoxy) is 2. The van der Waals surface area contributed by atoms with E-state index in [1.165, 1.54) is 6.07 Å². The predicted molar refractivity (Wildman–Crippen MR) is 112 cm³/mol. The minimum Gasteiger partial charge on any atom is -0.486 e. The van der Waals surface area contributed by atoms with Crippen LogP contribution >= 0.6 is 24.0 Å². The normalized spacial score (nSPS) is 12.5. The largest absolute Gasteiger partial charge is 0.486 e. The van der Waals surface area contributed by atoms with Crippen LogP contribution < -0.4 is 15.4 Å². The Labute approximate surface area is 167 Å². The van der Waals surface area contributed by atoms with Gasteiger partial charge in [0.15, 0.2) is 17.5 Å². The summed E-state index contributed by atoms with van der Waals surface area (Å²) in [5, 5.41) is 6.44. The Morgan fingerprint density at radius 1 is 1.20 bits per heavy atom. The lowest BCUT2D eigenvalue weighted by Gasteiger charge is -2.15. The summed E-state index contributed by atoms with van der Waals surface area (Å²) in [4.78, 5) is 4.48. The van der Waals surface area contributed by atoms with Crippen molar-refractivity contribution >= 4 is 29.9 Å². The summed E-state index contributed by atoms with van der Waals surface area (Å²) >= 11 is 0. The van der Waals surface area contributed by atoms with Crippen LogP contribution in [-0.4, -0.2) is 44.4 Å². The molecule has 0 aliphatic rings. The molecule has 1 unspecified atom stereocenters. The smallest absolute Gasteiger partial charge is 0.191 e. The Bertz CT molecular complexity index is 501. The van der Waals surface area contributed by atoms with Gasteiger partial charge in [-0.25, -0.2) is 9.38 Å². The van der Waals surface area contributed by atoms with Crippen molar-refractivity contribution in [3.05, 3.63) is 30.1 Å². The van der Waals surface area contributed by atoms with Crippen LogP contribution in [-0.2, 0) is 4.74 Å². The van der Waals surface area contributed by atoms with Gasteiger partial charge in [0.25, 0.3) is 0 Å². The molecule has 1 aromatic carbocycles. The zero-order valence-corrected chi connectivity index (χ0v) is 17.9. The van der Waals surface area contributed by atoms with Gasteiger partial charge in [-0.1, -0.05) is 12.1 Å². The maximum Gasteiger partial charge on any atom is 0.191 e. The Hall–Kier alpha value is -1.09. The molecule has 0 saturated carbocycles. The quantitative estimate of drug-likeness (QED) is 0.239. The highest BCUT2D eigenvalue weighted by molar-refractivity contribution is 14.0. The molecule has 0 amide bonds. The summed E-state index contributed by atoms with van der Waals surface area (Å²) in [5.74, 6) is 0.624. The van der Waals surface area contributed by atoms with Gasteiger partial charge in [0, 0.05) is 19.7 Å². The number of nitrogens with one attached hydrogen (secondary N) is 2. The molecule has 0 radical (unpaired) electrons. The molecule has 25 heavy (non-hydrogen) atoms. The highest BCUT2D eigenvalue weighted by Gasteiger charge is 2.08. The maximum atomic E-state index is 13.6. The third-order valence-corrected chi connectivity index (χ3v) is 3.08. The summed E-state index contributed by atoms with van der Waals surface area (Å²) < 4.78 is 24.7. The van der Waals surface area contributed by atoms with Gasteiger partial charge in [-0.2, -0.15) is 0 Å². The highest BCUT2D eigenvalue weighted by atomic mass is 127. The lowest BCUT2D eigenvalue weighted by Crippen LogP contribution is -2.38. The zero-order chi connectivity index (χ0) is 17.8. The summed E-state index contributed by atoms with van der Waals surface area (Å²) in [5.41, 5.74) is 0. The van der Waals surface area contributed by atoms with Crippen molar-refractivity contribution in [1.29, 1.82) is 0 Å². The molecular formula is C18H31FIN3O2. The van der Waals surface area contributed by atoms with E-state index in [1.807, 2.05) is 27.7 Å². The fourth-order valence-electron chi connectivity index (χ4n) is 1.95. The van der Waals surface area contributed by atoms with Crippen LogP contribution in [0.15, 0.2) is 29.3 Å². The average Bonchev–Trinajstić information content (AvgIpc) is 2.54. The van der Waals surface area contributed by atoms with Crippen LogP contribution in [0.1, 0.15) is 34.1 Å². The molecule has 0 saturated heterocycles. The molecule has 1 aromatic rings. The van der Waals surface area contributed by atoms with E-state index in [9.17, 15) is 4.39 Å². The Morgan fingerprint density at radius 2 is 1.92 bits per heavy atom. The minimum atomic E-state index is -0.358. The molecule has 0 aliphatic carbocycles. The van der Waals surface area contributed by atoms with Gasteiger partial charge in [0.1, 0.15) is 6.10 Å². The maximum absolute atomic E-state index is 13.6. The third-order valence-electron chi connectivity index (χ3n) is 3.08. The molecule has 0 heterocycles. The van der Waals surface area contributed by atoms with Gasteiger partial charge in [0.05, 0.1) is 12.6 Å².